The van der Waals surface area contributed by atoms with E-state index in [1.165, 1.54) is 0 Å². The largest absolute Gasteiger partial charge is 0.505 e. The van der Waals surface area contributed by atoms with Gasteiger partial charge in [0.1, 0.15) is 8.07 Å². The van der Waals surface area contributed by atoms with Crippen molar-refractivity contribution in [2.75, 3.05) is 6.23 Å². The van der Waals surface area contributed by atoms with Gasteiger partial charge in [0, 0.05) is 8.07 Å². The van der Waals surface area contributed by atoms with Crippen LogP contribution in [0, 0.1) is 0 Å². The van der Waals surface area contributed by atoms with Crippen LogP contribution in [0.4, 0.5) is 4.79 Å². The van der Waals surface area contributed by atoms with Crippen molar-refractivity contribution in [3.05, 3.63) is 36.8 Å². The molecule has 0 bridgehead atoms. The highest BCUT2D eigenvalue weighted by molar-refractivity contribution is 7.07. The Kier molecular flexibility index (Phi) is 6.92. The summed E-state index contributed by atoms with van der Waals surface area (Å²) in [5.41, 5.74) is 8.41. The van der Waals surface area contributed by atoms with Gasteiger partial charge in [-0.25, -0.2) is 4.79 Å². The average Bonchev–Trinajstić information content (AvgIpc) is 2.32. The normalized spacial score (nSPS) is 12.6. The van der Waals surface area contributed by atoms with Crippen LogP contribution in [-0.4, -0.2) is 41.7 Å². The molecule has 0 atom stereocenters. The fraction of sp³-hybridized carbons (Fsp3) is 0.500. The lowest BCUT2D eigenvalue weighted by Gasteiger charge is -2.36. The molecule has 0 saturated carbocycles. The Morgan fingerprint density at radius 2 is 1.45 bits per heavy atom. The second-order valence-electron chi connectivity index (χ2n) is 6.96. The first-order valence-corrected chi connectivity index (χ1v) is 16.0. The maximum Gasteiger partial charge on any atom is 0.505 e. The molecule has 20 heavy (non-hydrogen) atoms. The SMILES string of the molecule is C=C[Si](C=C)(C=C)C[Si](C)(C)C[Si](C)(C)COC(=O)O. The van der Waals surface area contributed by atoms with E-state index in [1.807, 2.05) is 17.1 Å². The van der Waals surface area contributed by atoms with E-state index >= 15 is 0 Å². The van der Waals surface area contributed by atoms with Crippen molar-refractivity contribution in [2.24, 2.45) is 0 Å². The Bertz CT molecular complexity index is 367. The van der Waals surface area contributed by atoms with Gasteiger partial charge in [-0.15, -0.1) is 19.7 Å². The fourth-order valence-electron chi connectivity index (χ4n) is 2.96. The molecule has 0 spiro atoms. The molecule has 0 amide bonds. The quantitative estimate of drug-likeness (QED) is 0.506. The van der Waals surface area contributed by atoms with Crippen LogP contribution in [0.3, 0.4) is 0 Å². The minimum Gasteiger partial charge on any atom is -0.450 e. The third-order valence-electron chi connectivity index (χ3n) is 3.47. The molecule has 0 rings (SSSR count). The van der Waals surface area contributed by atoms with Crippen molar-refractivity contribution in [2.45, 2.75) is 37.5 Å². The Morgan fingerprint density at radius 3 is 1.80 bits per heavy atom. The van der Waals surface area contributed by atoms with Gasteiger partial charge in [-0.1, -0.05) is 54.6 Å². The molecule has 0 saturated heterocycles. The van der Waals surface area contributed by atoms with Crippen molar-refractivity contribution in [1.29, 1.82) is 0 Å². The van der Waals surface area contributed by atoms with Crippen molar-refractivity contribution < 1.29 is 14.6 Å². The standard InChI is InChI=1S/C14H28O3Si3/c1-8-20(9-2,10-3)13-19(6,7)12-18(4,5)11-17-14(15)16/h8-10H,1-3,11-13H2,4-7H3,(H,15,16). The minimum absolute atomic E-state index is 0.379. The second-order valence-corrected chi connectivity index (χ2v) is 22.2. The van der Waals surface area contributed by atoms with Crippen LogP contribution in [0.5, 0.6) is 0 Å². The Balaban J connectivity index is 4.88. The van der Waals surface area contributed by atoms with E-state index < -0.39 is 30.4 Å². The van der Waals surface area contributed by atoms with Gasteiger partial charge in [0.05, 0.1) is 14.3 Å². The Hall–Kier alpha value is -0.859. The predicted octanol–water partition coefficient (Wildman–Crippen LogP) is 4.34. The summed E-state index contributed by atoms with van der Waals surface area (Å²) in [7, 11) is -4.91. The molecule has 0 heterocycles. The number of ether oxygens (including phenoxy) is 1. The molecule has 1 N–H and O–H groups in total. The van der Waals surface area contributed by atoms with E-state index in [0.29, 0.717) is 6.23 Å². The minimum atomic E-state index is -1.78. The first-order chi connectivity index (χ1) is 9.01. The van der Waals surface area contributed by atoms with Gasteiger partial charge in [-0.05, 0) is 0 Å². The van der Waals surface area contributed by atoms with Crippen LogP contribution < -0.4 is 0 Å². The van der Waals surface area contributed by atoms with Crippen LogP contribution in [0.15, 0.2) is 36.8 Å². The summed E-state index contributed by atoms with van der Waals surface area (Å²) in [6.07, 6.45) is -0.791. The van der Waals surface area contributed by atoms with Crippen molar-refractivity contribution in [3.8, 4) is 0 Å². The third-order valence-corrected chi connectivity index (χ3v) is 20.6. The first-order valence-electron chi connectivity index (χ1n) is 6.78. The zero-order chi connectivity index (χ0) is 16.0. The van der Waals surface area contributed by atoms with Gasteiger partial charge in [0.15, 0.2) is 0 Å². The molecule has 0 aromatic rings. The predicted molar refractivity (Wildman–Crippen MR) is 94.9 cm³/mol. The number of hydrogen-bond acceptors (Lipinski definition) is 2. The van der Waals surface area contributed by atoms with Gasteiger partial charge in [-0.2, -0.15) is 0 Å². The second kappa shape index (κ2) is 7.24. The molecule has 0 aromatic heterocycles. The zero-order valence-electron chi connectivity index (χ0n) is 13.2. The number of rotatable bonds is 9. The summed E-state index contributed by atoms with van der Waals surface area (Å²) >= 11 is 0. The molecule has 0 radical (unpaired) electrons. The molecular weight excluding hydrogens is 300 g/mol. The van der Waals surface area contributed by atoms with Crippen LogP contribution in [0.25, 0.3) is 0 Å². The highest BCUT2D eigenvalue weighted by atomic mass is 28.4. The summed E-state index contributed by atoms with van der Waals surface area (Å²) < 4.78 is 4.81. The highest BCUT2D eigenvalue weighted by Gasteiger charge is 2.38. The molecule has 0 unspecified atom stereocenters. The number of carbonyl (C=O) groups is 1. The van der Waals surface area contributed by atoms with Crippen molar-refractivity contribution in [1.82, 2.24) is 0 Å². The topological polar surface area (TPSA) is 46.5 Å². The highest BCUT2D eigenvalue weighted by Crippen LogP contribution is 2.29. The molecule has 0 aliphatic rings. The van der Waals surface area contributed by atoms with Crippen LogP contribution in [0.1, 0.15) is 0 Å². The van der Waals surface area contributed by atoms with E-state index in [9.17, 15) is 4.79 Å². The van der Waals surface area contributed by atoms with Crippen molar-refractivity contribution >= 4 is 30.4 Å². The van der Waals surface area contributed by atoms with E-state index in [0.717, 1.165) is 11.3 Å². The number of hydrogen-bond donors (Lipinski definition) is 1. The van der Waals surface area contributed by atoms with E-state index in [2.05, 4.69) is 45.9 Å². The van der Waals surface area contributed by atoms with E-state index in [1.54, 1.807) is 0 Å². The molecule has 6 heteroatoms. The lowest BCUT2D eigenvalue weighted by molar-refractivity contribution is 0.105. The average molecular weight is 329 g/mol. The summed E-state index contributed by atoms with van der Waals surface area (Å²) in [6.45, 7) is 21.0. The van der Waals surface area contributed by atoms with Crippen molar-refractivity contribution in [3.63, 3.8) is 0 Å². The van der Waals surface area contributed by atoms with Gasteiger partial charge in [0.2, 0.25) is 0 Å². The van der Waals surface area contributed by atoms with E-state index in [4.69, 9.17) is 9.84 Å². The summed E-state index contributed by atoms with van der Waals surface area (Å²) in [4.78, 5) is 10.6. The number of carboxylic acid groups (broad SMARTS) is 1. The summed E-state index contributed by atoms with van der Waals surface area (Å²) in [6, 6.07) is 0. The molecule has 0 aromatic carbocycles. The molecule has 3 nitrogen and oxygen atoms in total. The van der Waals surface area contributed by atoms with Crippen LogP contribution in [-0.2, 0) is 4.74 Å². The summed E-state index contributed by atoms with van der Waals surface area (Å²) in [5, 5.41) is 8.65. The van der Waals surface area contributed by atoms with Crippen LogP contribution >= 0.6 is 0 Å². The zero-order valence-corrected chi connectivity index (χ0v) is 16.2. The molecule has 114 valence electrons. The molecule has 0 aliphatic heterocycles. The Morgan fingerprint density at radius 1 is 1.00 bits per heavy atom. The molecule has 0 aliphatic carbocycles. The van der Waals surface area contributed by atoms with Gasteiger partial charge >= 0.3 is 6.16 Å². The molecular formula is C14H28O3Si3. The monoisotopic (exact) mass is 328 g/mol. The van der Waals surface area contributed by atoms with Gasteiger partial charge in [-0.3, -0.25) is 0 Å². The summed E-state index contributed by atoms with van der Waals surface area (Å²) in [5.74, 6) is 0. The lowest BCUT2D eigenvalue weighted by Crippen LogP contribution is -2.48. The maximum absolute atomic E-state index is 10.6. The first kappa shape index (κ1) is 19.1. The third kappa shape index (κ3) is 6.53. The van der Waals surface area contributed by atoms with E-state index in [-0.39, 0.29) is 0 Å². The maximum atomic E-state index is 10.6. The smallest absolute Gasteiger partial charge is 0.450 e. The lowest BCUT2D eigenvalue weighted by atomic mass is 11.2. The van der Waals surface area contributed by atoms with Gasteiger partial charge in [0.25, 0.3) is 0 Å². The molecule has 0 fully saturated rings. The fourth-order valence-corrected chi connectivity index (χ4v) is 24.7. The van der Waals surface area contributed by atoms with Crippen LogP contribution in [0.2, 0.25) is 37.5 Å². The van der Waals surface area contributed by atoms with Gasteiger partial charge < -0.3 is 9.84 Å². The Labute approximate surface area is 126 Å².